The first-order valence-corrected chi connectivity index (χ1v) is 9.09. The van der Waals surface area contributed by atoms with E-state index in [4.69, 9.17) is 21.1 Å². The maximum atomic E-state index is 12.4. The first-order valence-electron chi connectivity index (χ1n) is 7.90. The molecular weight excluding hydrogens is 350 g/mol. The molecule has 0 unspecified atom stereocenters. The molecule has 1 N–H and O–H groups in total. The van der Waals surface area contributed by atoms with Crippen molar-refractivity contribution in [1.82, 2.24) is 10.2 Å². The number of aromatic nitrogens is 2. The number of benzene rings is 1. The number of amides is 1. The number of unbranched alkanes of at least 4 members (excludes halogenated alkanes) is 1. The fourth-order valence-electron chi connectivity index (χ4n) is 2.26. The van der Waals surface area contributed by atoms with Crippen molar-refractivity contribution in [2.75, 3.05) is 18.5 Å². The van der Waals surface area contributed by atoms with E-state index < -0.39 is 0 Å². The summed E-state index contributed by atoms with van der Waals surface area (Å²) in [6, 6.07) is 3.21. The highest BCUT2D eigenvalue weighted by Gasteiger charge is 2.19. The number of hydrogen-bond donors (Lipinski definition) is 1. The van der Waals surface area contributed by atoms with Crippen molar-refractivity contribution in [2.45, 2.75) is 32.6 Å². The summed E-state index contributed by atoms with van der Waals surface area (Å²) in [6.45, 7) is 3.20. The van der Waals surface area contributed by atoms with Crippen LogP contribution in [0.4, 0.5) is 5.13 Å². The fourth-order valence-corrected chi connectivity index (χ4v) is 3.31. The summed E-state index contributed by atoms with van der Waals surface area (Å²) in [5.74, 6) is 0.681. The van der Waals surface area contributed by atoms with Crippen LogP contribution in [0.25, 0.3) is 0 Å². The zero-order valence-electron chi connectivity index (χ0n) is 13.3. The van der Waals surface area contributed by atoms with E-state index in [0.717, 1.165) is 30.7 Å². The minimum Gasteiger partial charge on any atom is -0.489 e. The lowest BCUT2D eigenvalue weighted by molar-refractivity contribution is 0.102. The van der Waals surface area contributed by atoms with E-state index in [2.05, 4.69) is 22.4 Å². The Balaban J connectivity index is 1.74. The van der Waals surface area contributed by atoms with Crippen LogP contribution in [0.2, 0.25) is 5.02 Å². The van der Waals surface area contributed by atoms with E-state index in [1.807, 2.05) is 0 Å². The molecule has 1 aromatic heterocycles. The highest BCUT2D eigenvalue weighted by Crippen LogP contribution is 2.38. The van der Waals surface area contributed by atoms with Crippen molar-refractivity contribution in [3.63, 3.8) is 0 Å². The normalized spacial score (nSPS) is 13.4. The molecule has 1 aliphatic rings. The number of carbonyl (C=O) groups is 1. The molecular formula is C16H18ClN3O3S. The zero-order chi connectivity index (χ0) is 16.9. The second-order valence-electron chi connectivity index (χ2n) is 5.39. The van der Waals surface area contributed by atoms with Crippen molar-refractivity contribution < 1.29 is 14.3 Å². The van der Waals surface area contributed by atoms with Gasteiger partial charge in [0.15, 0.2) is 11.5 Å². The standard InChI is InChI=1S/C16H18ClN3O3S/c1-2-3-5-13-19-20-16(24-13)18-15(21)10-8-11(17)14-12(9-10)22-6-4-7-23-14/h8-9H,2-7H2,1H3,(H,18,20,21). The molecule has 8 heteroatoms. The highest BCUT2D eigenvalue weighted by molar-refractivity contribution is 7.15. The smallest absolute Gasteiger partial charge is 0.257 e. The van der Waals surface area contributed by atoms with Crippen LogP contribution < -0.4 is 14.8 Å². The van der Waals surface area contributed by atoms with Crippen LogP contribution >= 0.6 is 22.9 Å². The third-order valence-electron chi connectivity index (χ3n) is 3.50. The molecule has 0 radical (unpaired) electrons. The van der Waals surface area contributed by atoms with Gasteiger partial charge in [0, 0.05) is 18.4 Å². The molecule has 128 valence electrons. The maximum Gasteiger partial charge on any atom is 0.257 e. The van der Waals surface area contributed by atoms with E-state index in [-0.39, 0.29) is 5.91 Å². The summed E-state index contributed by atoms with van der Waals surface area (Å²) in [7, 11) is 0. The summed E-state index contributed by atoms with van der Waals surface area (Å²) in [5.41, 5.74) is 0.398. The van der Waals surface area contributed by atoms with Crippen LogP contribution in [-0.2, 0) is 6.42 Å². The van der Waals surface area contributed by atoms with Gasteiger partial charge in [-0.05, 0) is 18.6 Å². The van der Waals surface area contributed by atoms with Gasteiger partial charge in [-0.2, -0.15) is 0 Å². The first-order chi connectivity index (χ1) is 11.7. The SMILES string of the molecule is CCCCc1nnc(NC(=O)c2cc(Cl)c3c(c2)OCCCO3)s1. The average Bonchev–Trinajstić information content (AvgIpc) is 2.86. The van der Waals surface area contributed by atoms with Crippen molar-refractivity contribution in [3.05, 3.63) is 27.7 Å². The molecule has 0 bridgehead atoms. The topological polar surface area (TPSA) is 73.3 Å². The van der Waals surface area contributed by atoms with Gasteiger partial charge >= 0.3 is 0 Å². The number of fused-ring (bicyclic) bond motifs is 1. The van der Waals surface area contributed by atoms with E-state index in [0.29, 0.717) is 40.4 Å². The maximum absolute atomic E-state index is 12.4. The van der Waals surface area contributed by atoms with Gasteiger partial charge in [-0.15, -0.1) is 10.2 Å². The number of nitrogens with zero attached hydrogens (tertiary/aromatic N) is 2. The molecule has 3 rings (SSSR count). The molecule has 2 aromatic rings. The molecule has 2 heterocycles. The lowest BCUT2D eigenvalue weighted by Crippen LogP contribution is -2.12. The molecule has 0 saturated carbocycles. The number of halogens is 1. The molecule has 24 heavy (non-hydrogen) atoms. The van der Waals surface area contributed by atoms with E-state index >= 15 is 0 Å². The number of nitrogens with one attached hydrogen (secondary N) is 1. The number of aryl methyl sites for hydroxylation is 1. The highest BCUT2D eigenvalue weighted by atomic mass is 35.5. The molecule has 0 spiro atoms. The molecule has 0 atom stereocenters. The van der Waals surface area contributed by atoms with Gasteiger partial charge in [0.25, 0.3) is 5.91 Å². The molecule has 0 aliphatic carbocycles. The molecule has 1 aromatic carbocycles. The third-order valence-corrected chi connectivity index (χ3v) is 4.68. The van der Waals surface area contributed by atoms with E-state index in [9.17, 15) is 4.79 Å². The van der Waals surface area contributed by atoms with Crippen LogP contribution in [-0.4, -0.2) is 29.3 Å². The van der Waals surface area contributed by atoms with Gasteiger partial charge in [0.05, 0.1) is 18.2 Å². The van der Waals surface area contributed by atoms with Crippen molar-refractivity contribution in [2.24, 2.45) is 0 Å². The average molecular weight is 368 g/mol. The van der Waals surface area contributed by atoms with Crippen molar-refractivity contribution in [1.29, 1.82) is 0 Å². The van der Waals surface area contributed by atoms with Gasteiger partial charge in [-0.1, -0.05) is 36.3 Å². The Hall–Kier alpha value is -1.86. The minimum absolute atomic E-state index is 0.300. The summed E-state index contributed by atoms with van der Waals surface area (Å²) in [4.78, 5) is 12.4. The van der Waals surface area contributed by atoms with Crippen LogP contribution in [0.1, 0.15) is 41.6 Å². The number of carbonyl (C=O) groups excluding carboxylic acids is 1. The summed E-state index contributed by atoms with van der Waals surface area (Å²) >= 11 is 7.61. The van der Waals surface area contributed by atoms with Gasteiger partial charge in [0.2, 0.25) is 5.13 Å². The number of rotatable bonds is 5. The lowest BCUT2D eigenvalue weighted by Gasteiger charge is -2.11. The summed E-state index contributed by atoms with van der Waals surface area (Å²) in [5, 5.41) is 12.6. The van der Waals surface area contributed by atoms with E-state index in [1.54, 1.807) is 12.1 Å². The van der Waals surface area contributed by atoms with Gasteiger partial charge in [-0.25, -0.2) is 0 Å². The zero-order valence-corrected chi connectivity index (χ0v) is 14.9. The first kappa shape index (κ1) is 17.0. The minimum atomic E-state index is -0.300. The Bertz CT molecular complexity index is 735. The Morgan fingerprint density at radius 2 is 2.17 bits per heavy atom. The van der Waals surface area contributed by atoms with Crippen LogP contribution in [0.3, 0.4) is 0 Å². The van der Waals surface area contributed by atoms with Crippen LogP contribution in [0.5, 0.6) is 11.5 Å². The van der Waals surface area contributed by atoms with Gasteiger partial charge in [-0.3, -0.25) is 10.1 Å². The Labute approximate surface area is 149 Å². The number of anilines is 1. The van der Waals surface area contributed by atoms with Crippen molar-refractivity contribution in [3.8, 4) is 11.5 Å². The molecule has 1 aliphatic heterocycles. The predicted octanol–water partition coefficient (Wildman–Crippen LogP) is 3.95. The van der Waals surface area contributed by atoms with E-state index in [1.165, 1.54) is 11.3 Å². The largest absolute Gasteiger partial charge is 0.489 e. The Kier molecular flexibility index (Phi) is 5.52. The molecule has 0 saturated heterocycles. The number of hydrogen-bond acceptors (Lipinski definition) is 6. The van der Waals surface area contributed by atoms with Gasteiger partial charge in [0.1, 0.15) is 5.01 Å². The van der Waals surface area contributed by atoms with Crippen molar-refractivity contribution >= 4 is 34.0 Å². The second kappa shape index (κ2) is 7.81. The van der Waals surface area contributed by atoms with Gasteiger partial charge < -0.3 is 9.47 Å². The fraction of sp³-hybridized carbons (Fsp3) is 0.438. The molecule has 1 amide bonds. The number of ether oxygens (including phenoxy) is 2. The monoisotopic (exact) mass is 367 g/mol. The molecule has 6 nitrogen and oxygen atoms in total. The molecule has 0 fully saturated rings. The predicted molar refractivity (Wildman–Crippen MR) is 93.5 cm³/mol. The summed E-state index contributed by atoms with van der Waals surface area (Å²) < 4.78 is 11.2. The Morgan fingerprint density at radius 3 is 3.00 bits per heavy atom. The third kappa shape index (κ3) is 3.96. The lowest BCUT2D eigenvalue weighted by atomic mass is 10.2. The summed E-state index contributed by atoms with van der Waals surface area (Å²) in [6.07, 6.45) is 3.80. The van der Waals surface area contributed by atoms with Crippen LogP contribution in [0, 0.1) is 0 Å². The van der Waals surface area contributed by atoms with Crippen LogP contribution in [0.15, 0.2) is 12.1 Å². The second-order valence-corrected chi connectivity index (χ2v) is 6.86. The Morgan fingerprint density at radius 1 is 1.33 bits per heavy atom. The quantitative estimate of drug-likeness (QED) is 0.866.